The Bertz CT molecular complexity index is 285. The number of carboxylic acids is 1. The second kappa shape index (κ2) is 6.28. The monoisotopic (exact) mass is 259 g/mol. The summed E-state index contributed by atoms with van der Waals surface area (Å²) < 4.78 is 0. The summed E-state index contributed by atoms with van der Waals surface area (Å²) in [6.07, 6.45) is 3.68. The highest BCUT2D eigenvalue weighted by atomic mass is 32.2. The number of aliphatic carboxylic acids is 1. The molecule has 1 rings (SSSR count). The van der Waals surface area contributed by atoms with Crippen LogP contribution in [0.2, 0.25) is 0 Å². The summed E-state index contributed by atoms with van der Waals surface area (Å²) in [5.74, 6) is 0.0736. The Hall–Kier alpha value is -0.710. The van der Waals surface area contributed by atoms with Crippen LogP contribution < -0.4 is 5.32 Å². The fraction of sp³-hybridized carbons (Fsp3) is 0.833. The number of rotatable bonds is 5. The highest BCUT2D eigenvalue weighted by Crippen LogP contribution is 2.24. The van der Waals surface area contributed by atoms with Gasteiger partial charge in [0.2, 0.25) is 5.91 Å². The van der Waals surface area contributed by atoms with Crippen molar-refractivity contribution in [2.45, 2.75) is 44.8 Å². The number of carboxylic acid groups (broad SMARTS) is 1. The van der Waals surface area contributed by atoms with Crippen LogP contribution in [0, 0.1) is 5.41 Å². The molecule has 0 saturated carbocycles. The predicted octanol–water partition coefficient (Wildman–Crippen LogP) is 1.89. The molecule has 1 heterocycles. The number of hydrogen-bond acceptors (Lipinski definition) is 3. The minimum Gasteiger partial charge on any atom is -0.481 e. The molecule has 2 N–H and O–H groups in total. The van der Waals surface area contributed by atoms with Gasteiger partial charge in [0.1, 0.15) is 0 Å². The maximum atomic E-state index is 11.6. The molecule has 1 atom stereocenters. The summed E-state index contributed by atoms with van der Waals surface area (Å²) in [5.41, 5.74) is -0.982. The van der Waals surface area contributed by atoms with E-state index in [4.69, 9.17) is 5.11 Å². The zero-order valence-corrected chi connectivity index (χ0v) is 11.3. The first kappa shape index (κ1) is 14.4. The van der Waals surface area contributed by atoms with Crippen LogP contribution >= 0.6 is 11.8 Å². The van der Waals surface area contributed by atoms with Gasteiger partial charge in [0.15, 0.2) is 0 Å². The van der Waals surface area contributed by atoms with Gasteiger partial charge in [0, 0.05) is 18.2 Å². The summed E-state index contributed by atoms with van der Waals surface area (Å²) in [7, 11) is 0. The van der Waals surface area contributed by atoms with Crippen molar-refractivity contribution >= 4 is 23.6 Å². The van der Waals surface area contributed by atoms with Crippen molar-refractivity contribution in [1.29, 1.82) is 0 Å². The third-order valence-corrected chi connectivity index (χ3v) is 4.38. The summed E-state index contributed by atoms with van der Waals surface area (Å²) in [6, 6.07) is 0. The number of carbonyl (C=O) groups is 2. The summed E-state index contributed by atoms with van der Waals surface area (Å²) in [4.78, 5) is 22.5. The Kier molecular flexibility index (Phi) is 5.31. The quantitative estimate of drug-likeness (QED) is 0.791. The smallest absolute Gasteiger partial charge is 0.309 e. The van der Waals surface area contributed by atoms with Gasteiger partial charge in [-0.3, -0.25) is 9.59 Å². The Labute approximate surface area is 107 Å². The molecule has 4 nitrogen and oxygen atoms in total. The predicted molar refractivity (Wildman–Crippen MR) is 69.1 cm³/mol. The van der Waals surface area contributed by atoms with E-state index < -0.39 is 11.4 Å². The van der Waals surface area contributed by atoms with Crippen molar-refractivity contribution < 1.29 is 14.7 Å². The Morgan fingerprint density at radius 3 is 2.65 bits per heavy atom. The van der Waals surface area contributed by atoms with E-state index in [-0.39, 0.29) is 12.3 Å². The van der Waals surface area contributed by atoms with Crippen LogP contribution in [0.3, 0.4) is 0 Å². The van der Waals surface area contributed by atoms with Gasteiger partial charge in [-0.05, 0) is 32.4 Å². The number of amides is 1. The lowest BCUT2D eigenvalue weighted by atomic mass is 9.89. The van der Waals surface area contributed by atoms with Crippen molar-refractivity contribution in [1.82, 2.24) is 5.32 Å². The molecule has 0 radical (unpaired) electrons. The fourth-order valence-electron chi connectivity index (χ4n) is 1.74. The lowest BCUT2D eigenvalue weighted by molar-refractivity contribution is -0.149. The Balaban J connectivity index is 2.27. The lowest BCUT2D eigenvalue weighted by Crippen LogP contribution is -2.36. The van der Waals surface area contributed by atoms with Gasteiger partial charge in [-0.1, -0.05) is 6.42 Å². The van der Waals surface area contributed by atoms with Crippen LogP contribution in [0.15, 0.2) is 0 Å². The third kappa shape index (κ3) is 4.98. The SMILES string of the molecule is CC(C)(CC(=O)NCC1CCCCS1)C(=O)O. The van der Waals surface area contributed by atoms with Crippen LogP contribution in [0.4, 0.5) is 0 Å². The number of nitrogens with one attached hydrogen (secondary N) is 1. The maximum absolute atomic E-state index is 11.6. The summed E-state index contributed by atoms with van der Waals surface area (Å²) in [6.45, 7) is 3.81. The van der Waals surface area contributed by atoms with Crippen LogP contribution in [-0.2, 0) is 9.59 Å². The van der Waals surface area contributed by atoms with E-state index >= 15 is 0 Å². The molecule has 1 unspecified atom stereocenters. The molecule has 1 aliphatic heterocycles. The van der Waals surface area contributed by atoms with Crippen molar-refractivity contribution in [3.8, 4) is 0 Å². The number of carbonyl (C=O) groups excluding carboxylic acids is 1. The van der Waals surface area contributed by atoms with Gasteiger partial charge in [-0.2, -0.15) is 11.8 Å². The highest BCUT2D eigenvalue weighted by Gasteiger charge is 2.30. The molecule has 0 spiro atoms. The zero-order valence-electron chi connectivity index (χ0n) is 10.5. The molecule has 0 aromatic heterocycles. The summed E-state index contributed by atoms with van der Waals surface area (Å²) in [5, 5.41) is 12.3. The highest BCUT2D eigenvalue weighted by molar-refractivity contribution is 7.99. The van der Waals surface area contributed by atoms with Gasteiger partial charge >= 0.3 is 5.97 Å². The standard InChI is InChI=1S/C12H21NO3S/c1-12(2,11(15)16)7-10(14)13-8-9-5-3-4-6-17-9/h9H,3-8H2,1-2H3,(H,13,14)(H,15,16). The van der Waals surface area contributed by atoms with Crippen molar-refractivity contribution in [3.63, 3.8) is 0 Å². The molecule has 1 aliphatic rings. The minimum absolute atomic E-state index is 0.0414. The largest absolute Gasteiger partial charge is 0.481 e. The van der Waals surface area contributed by atoms with Crippen LogP contribution in [0.5, 0.6) is 0 Å². The second-order valence-corrected chi connectivity index (χ2v) is 6.57. The van der Waals surface area contributed by atoms with Gasteiger partial charge in [0.25, 0.3) is 0 Å². The minimum atomic E-state index is -0.982. The van der Waals surface area contributed by atoms with E-state index in [1.807, 2.05) is 11.8 Å². The van der Waals surface area contributed by atoms with E-state index in [0.717, 1.165) is 6.42 Å². The van der Waals surface area contributed by atoms with E-state index in [1.54, 1.807) is 13.8 Å². The van der Waals surface area contributed by atoms with Crippen LogP contribution in [0.1, 0.15) is 39.5 Å². The Morgan fingerprint density at radius 1 is 1.41 bits per heavy atom. The Morgan fingerprint density at radius 2 is 2.12 bits per heavy atom. The molecule has 1 amide bonds. The average molecular weight is 259 g/mol. The van der Waals surface area contributed by atoms with Gasteiger partial charge in [0.05, 0.1) is 5.41 Å². The normalized spacial score (nSPS) is 20.9. The maximum Gasteiger partial charge on any atom is 0.309 e. The average Bonchev–Trinajstić information content (AvgIpc) is 2.27. The molecular formula is C12H21NO3S. The van der Waals surface area contributed by atoms with E-state index in [9.17, 15) is 9.59 Å². The summed E-state index contributed by atoms with van der Waals surface area (Å²) >= 11 is 1.90. The molecule has 0 aromatic rings. The molecular weight excluding hydrogens is 238 g/mol. The topological polar surface area (TPSA) is 66.4 Å². The molecule has 98 valence electrons. The molecule has 0 aromatic carbocycles. The van der Waals surface area contributed by atoms with E-state index in [0.29, 0.717) is 11.8 Å². The van der Waals surface area contributed by atoms with Gasteiger partial charge in [-0.25, -0.2) is 0 Å². The zero-order chi connectivity index (χ0) is 12.9. The van der Waals surface area contributed by atoms with Crippen molar-refractivity contribution in [3.05, 3.63) is 0 Å². The van der Waals surface area contributed by atoms with Crippen LogP contribution in [-0.4, -0.2) is 34.5 Å². The van der Waals surface area contributed by atoms with Crippen molar-refractivity contribution in [2.75, 3.05) is 12.3 Å². The first-order valence-electron chi connectivity index (χ1n) is 6.03. The van der Waals surface area contributed by atoms with Crippen LogP contribution in [0.25, 0.3) is 0 Å². The van der Waals surface area contributed by atoms with E-state index in [1.165, 1.54) is 18.6 Å². The number of hydrogen-bond donors (Lipinski definition) is 2. The first-order valence-corrected chi connectivity index (χ1v) is 7.08. The van der Waals surface area contributed by atoms with Gasteiger partial charge in [-0.15, -0.1) is 0 Å². The van der Waals surface area contributed by atoms with Crippen molar-refractivity contribution in [2.24, 2.45) is 5.41 Å². The lowest BCUT2D eigenvalue weighted by Gasteiger charge is -2.23. The molecule has 17 heavy (non-hydrogen) atoms. The third-order valence-electron chi connectivity index (χ3n) is 2.98. The molecule has 5 heteroatoms. The van der Waals surface area contributed by atoms with E-state index in [2.05, 4.69) is 5.32 Å². The second-order valence-electron chi connectivity index (χ2n) is 5.16. The number of thioether (sulfide) groups is 1. The molecule has 0 bridgehead atoms. The molecule has 1 fully saturated rings. The molecule has 1 saturated heterocycles. The fourth-order valence-corrected chi connectivity index (χ4v) is 2.97. The first-order chi connectivity index (χ1) is 7.92. The molecule has 0 aliphatic carbocycles. The van der Waals surface area contributed by atoms with Gasteiger partial charge < -0.3 is 10.4 Å².